The predicted molar refractivity (Wildman–Crippen MR) is 112 cm³/mol. The summed E-state index contributed by atoms with van der Waals surface area (Å²) in [6, 6.07) is 12.7. The van der Waals surface area contributed by atoms with Gasteiger partial charge in [0, 0.05) is 19.7 Å². The highest BCUT2D eigenvalue weighted by Crippen LogP contribution is 2.16. The van der Waals surface area contributed by atoms with Gasteiger partial charge in [-0.2, -0.15) is 0 Å². The minimum absolute atomic E-state index is 0.00822. The van der Waals surface area contributed by atoms with E-state index in [0.717, 1.165) is 12.8 Å². The van der Waals surface area contributed by atoms with Gasteiger partial charge in [-0.05, 0) is 37.1 Å². The fraction of sp³-hybridized carbons (Fsp3) is 0.391. The molecule has 1 fully saturated rings. The Labute approximate surface area is 176 Å². The van der Waals surface area contributed by atoms with Gasteiger partial charge in [-0.15, -0.1) is 6.58 Å². The van der Waals surface area contributed by atoms with Crippen molar-refractivity contribution in [2.24, 2.45) is 0 Å². The van der Waals surface area contributed by atoms with Gasteiger partial charge in [0.15, 0.2) is 6.61 Å². The first-order chi connectivity index (χ1) is 14.7. The second-order valence-corrected chi connectivity index (χ2v) is 7.15. The molecule has 1 aliphatic heterocycles. The highest BCUT2D eigenvalue weighted by molar-refractivity contribution is 5.85. The summed E-state index contributed by atoms with van der Waals surface area (Å²) in [7, 11) is 0. The second-order valence-electron chi connectivity index (χ2n) is 7.15. The molecule has 0 spiro atoms. The van der Waals surface area contributed by atoms with Crippen LogP contribution in [0.1, 0.15) is 18.6 Å². The lowest BCUT2D eigenvalue weighted by Crippen LogP contribution is -2.46. The van der Waals surface area contributed by atoms with Crippen LogP contribution in [0.3, 0.4) is 0 Å². The van der Waals surface area contributed by atoms with E-state index < -0.39 is 0 Å². The summed E-state index contributed by atoms with van der Waals surface area (Å²) in [4.78, 5) is 28.9. The number of rotatable bonds is 11. The van der Waals surface area contributed by atoms with Gasteiger partial charge < -0.3 is 23.7 Å². The largest absolute Gasteiger partial charge is 0.484 e. The smallest absolute Gasteiger partial charge is 0.261 e. The Hall–Kier alpha value is -3.06. The summed E-state index contributed by atoms with van der Waals surface area (Å²) in [5.41, 5.74) is 0. The molecule has 0 N–H and O–H groups in total. The molecule has 1 aromatic heterocycles. The average molecular weight is 412 g/mol. The van der Waals surface area contributed by atoms with Crippen molar-refractivity contribution in [1.82, 2.24) is 9.80 Å². The molecular formula is C23H28N2O5. The van der Waals surface area contributed by atoms with E-state index in [4.69, 9.17) is 13.9 Å². The monoisotopic (exact) mass is 412 g/mol. The Bertz CT molecular complexity index is 800. The molecule has 0 saturated carbocycles. The van der Waals surface area contributed by atoms with E-state index in [1.54, 1.807) is 35.4 Å². The molecule has 1 saturated heterocycles. The van der Waals surface area contributed by atoms with Gasteiger partial charge in [0.25, 0.3) is 5.91 Å². The van der Waals surface area contributed by atoms with Gasteiger partial charge in [0.1, 0.15) is 18.1 Å². The van der Waals surface area contributed by atoms with Crippen LogP contribution in [0.25, 0.3) is 0 Å². The molecule has 0 bridgehead atoms. The fourth-order valence-corrected chi connectivity index (χ4v) is 3.31. The van der Waals surface area contributed by atoms with Gasteiger partial charge in [0.2, 0.25) is 5.91 Å². The maximum atomic E-state index is 13.1. The van der Waals surface area contributed by atoms with Gasteiger partial charge >= 0.3 is 0 Å². The summed E-state index contributed by atoms with van der Waals surface area (Å²) >= 11 is 0. The van der Waals surface area contributed by atoms with E-state index in [9.17, 15) is 9.59 Å². The maximum absolute atomic E-state index is 13.1. The molecule has 0 unspecified atom stereocenters. The van der Waals surface area contributed by atoms with Gasteiger partial charge in [-0.1, -0.05) is 24.3 Å². The third-order valence-electron chi connectivity index (χ3n) is 4.86. The summed E-state index contributed by atoms with van der Waals surface area (Å²) in [5.74, 6) is 0.850. The molecule has 7 heteroatoms. The van der Waals surface area contributed by atoms with Crippen LogP contribution >= 0.6 is 0 Å². The molecule has 30 heavy (non-hydrogen) atoms. The molecule has 1 atom stereocenters. The number of hydrogen-bond acceptors (Lipinski definition) is 5. The lowest BCUT2D eigenvalue weighted by atomic mass is 10.2. The minimum atomic E-state index is -0.276. The van der Waals surface area contributed by atoms with E-state index >= 15 is 0 Å². The van der Waals surface area contributed by atoms with E-state index in [1.807, 2.05) is 24.3 Å². The van der Waals surface area contributed by atoms with Crippen LogP contribution in [0.5, 0.6) is 5.75 Å². The van der Waals surface area contributed by atoms with Crippen molar-refractivity contribution < 1.29 is 23.5 Å². The van der Waals surface area contributed by atoms with E-state index in [0.29, 0.717) is 31.2 Å². The van der Waals surface area contributed by atoms with Crippen molar-refractivity contribution >= 4 is 11.8 Å². The number of benzene rings is 1. The van der Waals surface area contributed by atoms with Crippen molar-refractivity contribution in [3.63, 3.8) is 0 Å². The number of ether oxygens (including phenoxy) is 2. The normalized spacial score (nSPS) is 15.5. The standard InChI is InChI=1S/C23H28N2O5/c1-2-12-24(23(27)18-30-19-8-4-3-5-9-19)17-22(26)25(15-20-10-6-13-28-20)16-21-11-7-14-29-21/h2-6,8-10,13,21H,1,7,11-12,14-18H2/t21-/m0/s1. The topological polar surface area (TPSA) is 72.2 Å². The Kier molecular flexibility index (Phi) is 8.09. The van der Waals surface area contributed by atoms with Crippen LogP contribution in [0.4, 0.5) is 0 Å². The third-order valence-corrected chi connectivity index (χ3v) is 4.86. The molecule has 0 radical (unpaired) electrons. The van der Waals surface area contributed by atoms with E-state index in [1.165, 1.54) is 4.90 Å². The van der Waals surface area contributed by atoms with E-state index in [2.05, 4.69) is 6.58 Å². The van der Waals surface area contributed by atoms with Crippen molar-refractivity contribution in [1.29, 1.82) is 0 Å². The zero-order chi connectivity index (χ0) is 21.2. The summed E-state index contributed by atoms with van der Waals surface area (Å²) < 4.78 is 16.7. The van der Waals surface area contributed by atoms with Crippen LogP contribution in [0, 0.1) is 0 Å². The highest BCUT2D eigenvalue weighted by Gasteiger charge is 2.26. The van der Waals surface area contributed by atoms with Gasteiger partial charge in [0.05, 0.1) is 18.9 Å². The molecule has 2 aromatic rings. The third kappa shape index (κ3) is 6.49. The Morgan fingerprint density at radius 2 is 1.97 bits per heavy atom. The summed E-state index contributed by atoms with van der Waals surface area (Å²) in [6.07, 6.45) is 5.10. The first kappa shape index (κ1) is 21.6. The van der Waals surface area contributed by atoms with Gasteiger partial charge in [-0.3, -0.25) is 9.59 Å². The van der Waals surface area contributed by atoms with Gasteiger partial charge in [-0.25, -0.2) is 0 Å². The number of amides is 2. The quantitative estimate of drug-likeness (QED) is 0.531. The Morgan fingerprint density at radius 3 is 2.63 bits per heavy atom. The number of carbonyl (C=O) groups is 2. The molecule has 1 aliphatic rings. The molecule has 3 rings (SSSR count). The number of carbonyl (C=O) groups excluding carboxylic acids is 2. The van der Waals surface area contributed by atoms with Crippen molar-refractivity contribution in [2.45, 2.75) is 25.5 Å². The fourth-order valence-electron chi connectivity index (χ4n) is 3.31. The molecular weight excluding hydrogens is 384 g/mol. The molecule has 1 aromatic carbocycles. The molecule has 2 heterocycles. The van der Waals surface area contributed by atoms with Crippen LogP contribution in [-0.4, -0.2) is 60.6 Å². The number of nitrogens with zero attached hydrogens (tertiary/aromatic N) is 2. The molecule has 2 amide bonds. The van der Waals surface area contributed by atoms with Crippen molar-refractivity contribution in [3.8, 4) is 5.75 Å². The zero-order valence-electron chi connectivity index (χ0n) is 17.1. The molecule has 7 nitrogen and oxygen atoms in total. The maximum Gasteiger partial charge on any atom is 0.261 e. The Balaban J connectivity index is 1.61. The zero-order valence-corrected chi connectivity index (χ0v) is 17.1. The minimum Gasteiger partial charge on any atom is -0.484 e. The lowest BCUT2D eigenvalue weighted by molar-refractivity contribution is -0.142. The molecule has 160 valence electrons. The number of hydrogen-bond donors (Lipinski definition) is 0. The van der Waals surface area contributed by atoms with Crippen LogP contribution < -0.4 is 4.74 Å². The van der Waals surface area contributed by atoms with Crippen LogP contribution in [-0.2, 0) is 20.9 Å². The van der Waals surface area contributed by atoms with Crippen molar-refractivity contribution in [2.75, 3.05) is 32.8 Å². The number of furan rings is 1. The summed E-state index contributed by atoms with van der Waals surface area (Å²) in [5, 5.41) is 0. The van der Waals surface area contributed by atoms with E-state index in [-0.39, 0.29) is 37.6 Å². The SMILES string of the molecule is C=CCN(CC(=O)N(Cc1ccco1)C[C@@H]1CCCO1)C(=O)COc1ccccc1. The first-order valence-corrected chi connectivity index (χ1v) is 10.1. The van der Waals surface area contributed by atoms with Crippen LogP contribution in [0.2, 0.25) is 0 Å². The second kappa shape index (κ2) is 11.2. The number of para-hydroxylation sites is 1. The summed E-state index contributed by atoms with van der Waals surface area (Å²) in [6.45, 7) is 5.28. The van der Waals surface area contributed by atoms with Crippen molar-refractivity contribution in [3.05, 3.63) is 67.1 Å². The Morgan fingerprint density at radius 1 is 1.13 bits per heavy atom. The first-order valence-electron chi connectivity index (χ1n) is 10.1. The average Bonchev–Trinajstić information content (AvgIpc) is 3.46. The van der Waals surface area contributed by atoms with Crippen LogP contribution in [0.15, 0.2) is 65.8 Å². The predicted octanol–water partition coefficient (Wildman–Crippen LogP) is 2.88. The lowest BCUT2D eigenvalue weighted by Gasteiger charge is -2.28. The highest BCUT2D eigenvalue weighted by atomic mass is 16.5. The molecule has 0 aliphatic carbocycles.